The van der Waals surface area contributed by atoms with Crippen LogP contribution in [-0.2, 0) is 11.3 Å². The van der Waals surface area contributed by atoms with Crippen molar-refractivity contribution in [2.24, 2.45) is 4.99 Å². The molecule has 0 saturated heterocycles. The summed E-state index contributed by atoms with van der Waals surface area (Å²) in [4.78, 5) is 16.4. The molecule has 0 aliphatic carbocycles. The summed E-state index contributed by atoms with van der Waals surface area (Å²) in [5, 5.41) is 10.0. The number of methoxy groups -OCH3 is 1. The molecule has 0 amide bonds. The van der Waals surface area contributed by atoms with E-state index in [1.165, 1.54) is 7.11 Å². The van der Waals surface area contributed by atoms with Gasteiger partial charge in [-0.2, -0.15) is 5.26 Å². The summed E-state index contributed by atoms with van der Waals surface area (Å²) in [6, 6.07) is 24.9. The minimum Gasteiger partial charge on any atom is -0.465 e. The number of fused-ring (bicyclic) bond motifs is 1. The molecule has 0 aliphatic heterocycles. The first-order valence-electron chi connectivity index (χ1n) is 9.47. The first kappa shape index (κ1) is 19.2. The first-order valence-corrected chi connectivity index (χ1v) is 9.47. The number of benzene rings is 3. The molecule has 5 heteroatoms. The Morgan fingerprint density at radius 3 is 2.67 bits per heavy atom. The molecule has 0 saturated carbocycles. The summed E-state index contributed by atoms with van der Waals surface area (Å²) in [5.41, 5.74) is 5.03. The molecule has 5 nitrogen and oxygen atoms in total. The van der Waals surface area contributed by atoms with Crippen molar-refractivity contribution in [2.75, 3.05) is 7.11 Å². The zero-order valence-electron chi connectivity index (χ0n) is 16.4. The Labute approximate surface area is 174 Å². The SMILES string of the molecule is COC(=O)c1cccc(Cn2cc(C=Nc3ccc(C#N)cc3)c3ccccc32)c1. The number of hydrogen-bond acceptors (Lipinski definition) is 4. The highest BCUT2D eigenvalue weighted by Crippen LogP contribution is 2.23. The topological polar surface area (TPSA) is 67.4 Å². The van der Waals surface area contributed by atoms with E-state index in [-0.39, 0.29) is 5.97 Å². The van der Waals surface area contributed by atoms with Crippen molar-refractivity contribution in [3.63, 3.8) is 0 Å². The normalized spacial score (nSPS) is 10.9. The van der Waals surface area contributed by atoms with Gasteiger partial charge in [0.1, 0.15) is 0 Å². The van der Waals surface area contributed by atoms with Gasteiger partial charge in [-0.15, -0.1) is 0 Å². The standard InChI is InChI=1S/C25H19N3O2/c1-30-25(29)20-6-4-5-19(13-20)16-28-17-21(23-7-2-3-8-24(23)28)15-27-22-11-9-18(14-26)10-12-22/h2-13,15,17H,16H2,1H3. The summed E-state index contributed by atoms with van der Waals surface area (Å²) >= 11 is 0. The van der Waals surface area contributed by atoms with Crippen molar-refractivity contribution in [3.8, 4) is 6.07 Å². The number of carbonyl (C=O) groups excluding carboxylic acids is 1. The molecular weight excluding hydrogens is 374 g/mol. The predicted octanol–water partition coefficient (Wildman–Crippen LogP) is 5.10. The maximum atomic E-state index is 11.8. The van der Waals surface area contributed by atoms with Crippen molar-refractivity contribution in [1.29, 1.82) is 5.26 Å². The van der Waals surface area contributed by atoms with Gasteiger partial charge in [0.2, 0.25) is 0 Å². The Balaban J connectivity index is 1.66. The fraction of sp³-hybridized carbons (Fsp3) is 0.0800. The third-order valence-electron chi connectivity index (χ3n) is 4.87. The molecular formula is C25H19N3O2. The number of carbonyl (C=O) groups is 1. The summed E-state index contributed by atoms with van der Waals surface area (Å²) in [6.07, 6.45) is 3.90. The van der Waals surface area contributed by atoms with Crippen LogP contribution in [0, 0.1) is 11.3 Å². The Bertz CT molecular complexity index is 1280. The van der Waals surface area contributed by atoms with E-state index in [2.05, 4.69) is 34.0 Å². The van der Waals surface area contributed by atoms with Crippen LogP contribution in [0.2, 0.25) is 0 Å². The van der Waals surface area contributed by atoms with Crippen molar-refractivity contribution in [3.05, 3.63) is 101 Å². The number of nitriles is 1. The van der Waals surface area contributed by atoms with Gasteiger partial charge in [0.15, 0.2) is 0 Å². The summed E-state index contributed by atoms with van der Waals surface area (Å²) < 4.78 is 6.97. The maximum Gasteiger partial charge on any atom is 0.337 e. The van der Waals surface area contributed by atoms with Crippen LogP contribution < -0.4 is 0 Å². The molecule has 4 rings (SSSR count). The largest absolute Gasteiger partial charge is 0.465 e. The molecule has 0 bridgehead atoms. The molecule has 0 unspecified atom stereocenters. The second-order valence-corrected chi connectivity index (χ2v) is 6.84. The van der Waals surface area contributed by atoms with Crippen LogP contribution in [0.4, 0.5) is 5.69 Å². The van der Waals surface area contributed by atoms with Gasteiger partial charge in [0.25, 0.3) is 0 Å². The van der Waals surface area contributed by atoms with Gasteiger partial charge in [0, 0.05) is 35.4 Å². The summed E-state index contributed by atoms with van der Waals surface area (Å²) in [6.45, 7) is 0.621. The van der Waals surface area contributed by atoms with E-state index < -0.39 is 0 Å². The molecule has 0 aliphatic rings. The second kappa shape index (κ2) is 8.46. The Morgan fingerprint density at radius 1 is 1.10 bits per heavy atom. The lowest BCUT2D eigenvalue weighted by Crippen LogP contribution is -2.03. The third-order valence-corrected chi connectivity index (χ3v) is 4.87. The summed E-state index contributed by atoms with van der Waals surface area (Å²) in [5.74, 6) is -0.343. The van der Waals surface area contributed by atoms with Crippen LogP contribution in [0.15, 0.2) is 84.0 Å². The number of esters is 1. The van der Waals surface area contributed by atoms with Crippen molar-refractivity contribution in [2.45, 2.75) is 6.54 Å². The average Bonchev–Trinajstić information content (AvgIpc) is 3.15. The lowest BCUT2D eigenvalue weighted by atomic mass is 10.1. The zero-order valence-corrected chi connectivity index (χ0v) is 16.4. The monoisotopic (exact) mass is 393 g/mol. The van der Waals surface area contributed by atoms with Crippen molar-refractivity contribution in [1.82, 2.24) is 4.57 Å². The Morgan fingerprint density at radius 2 is 1.90 bits per heavy atom. The van der Waals surface area contributed by atoms with Crippen LogP contribution in [0.25, 0.3) is 10.9 Å². The lowest BCUT2D eigenvalue weighted by molar-refractivity contribution is 0.0600. The molecule has 30 heavy (non-hydrogen) atoms. The molecule has 0 radical (unpaired) electrons. The minimum absolute atomic E-state index is 0.343. The van der Waals surface area contributed by atoms with Crippen molar-refractivity contribution >= 4 is 28.8 Å². The van der Waals surface area contributed by atoms with Gasteiger partial charge in [-0.05, 0) is 48.0 Å². The van der Waals surface area contributed by atoms with Crippen LogP contribution in [0.3, 0.4) is 0 Å². The van der Waals surface area contributed by atoms with E-state index in [0.717, 1.165) is 27.7 Å². The van der Waals surface area contributed by atoms with Gasteiger partial charge < -0.3 is 9.30 Å². The van der Waals surface area contributed by atoms with Gasteiger partial charge in [-0.25, -0.2) is 4.79 Å². The highest BCUT2D eigenvalue weighted by molar-refractivity contribution is 6.00. The summed E-state index contributed by atoms with van der Waals surface area (Å²) in [7, 11) is 1.38. The van der Waals surface area contributed by atoms with Gasteiger partial charge in [0.05, 0.1) is 30.0 Å². The number of nitrogens with zero attached hydrogens (tertiary/aromatic N) is 3. The number of ether oxygens (including phenoxy) is 1. The molecule has 1 aromatic heterocycles. The predicted molar refractivity (Wildman–Crippen MR) is 117 cm³/mol. The van der Waals surface area contributed by atoms with E-state index in [1.807, 2.05) is 48.7 Å². The van der Waals surface area contributed by atoms with E-state index >= 15 is 0 Å². The number of para-hydroxylation sites is 1. The number of aromatic nitrogens is 1. The zero-order chi connectivity index (χ0) is 20.9. The fourth-order valence-electron chi connectivity index (χ4n) is 3.39. The molecule has 1 heterocycles. The van der Waals surface area contributed by atoms with Gasteiger partial charge >= 0.3 is 5.97 Å². The van der Waals surface area contributed by atoms with Crippen molar-refractivity contribution < 1.29 is 9.53 Å². The Hall–Kier alpha value is -4.17. The van der Waals surface area contributed by atoms with Crippen LogP contribution in [0.5, 0.6) is 0 Å². The molecule has 0 fully saturated rings. The number of hydrogen-bond donors (Lipinski definition) is 0. The highest BCUT2D eigenvalue weighted by atomic mass is 16.5. The molecule has 0 N–H and O–H groups in total. The van der Waals surface area contributed by atoms with Gasteiger partial charge in [-0.3, -0.25) is 4.99 Å². The Kier molecular flexibility index (Phi) is 5.40. The molecule has 146 valence electrons. The first-order chi connectivity index (χ1) is 14.7. The molecule has 4 aromatic rings. The fourth-order valence-corrected chi connectivity index (χ4v) is 3.39. The van der Waals surface area contributed by atoms with E-state index in [4.69, 9.17) is 10.00 Å². The lowest BCUT2D eigenvalue weighted by Gasteiger charge is -2.07. The maximum absolute atomic E-state index is 11.8. The quantitative estimate of drug-likeness (QED) is 0.350. The molecule has 0 atom stereocenters. The molecule has 3 aromatic carbocycles. The van der Waals surface area contributed by atoms with E-state index in [1.54, 1.807) is 18.2 Å². The van der Waals surface area contributed by atoms with E-state index in [9.17, 15) is 4.79 Å². The average molecular weight is 393 g/mol. The van der Waals surface area contributed by atoms with Crippen LogP contribution in [-0.4, -0.2) is 23.9 Å². The highest BCUT2D eigenvalue weighted by Gasteiger charge is 2.09. The minimum atomic E-state index is -0.343. The number of rotatable bonds is 5. The smallest absolute Gasteiger partial charge is 0.337 e. The van der Waals surface area contributed by atoms with Gasteiger partial charge in [-0.1, -0.05) is 30.3 Å². The van der Waals surface area contributed by atoms with Crippen LogP contribution >= 0.6 is 0 Å². The molecule has 0 spiro atoms. The van der Waals surface area contributed by atoms with E-state index in [0.29, 0.717) is 17.7 Å². The van der Waals surface area contributed by atoms with Crippen LogP contribution in [0.1, 0.15) is 27.0 Å². The third kappa shape index (κ3) is 3.98. The second-order valence-electron chi connectivity index (χ2n) is 6.84. The number of aliphatic imine (C=N–C) groups is 1.